The lowest BCUT2D eigenvalue weighted by atomic mass is 10.0. The molecule has 0 fully saturated rings. The molecular formula is C16H16N3S3+. The van der Waals surface area contributed by atoms with Gasteiger partial charge in [-0.15, -0.1) is 11.3 Å². The highest BCUT2D eigenvalue weighted by atomic mass is 32.1. The summed E-state index contributed by atoms with van der Waals surface area (Å²) in [6, 6.07) is 10.7. The van der Waals surface area contributed by atoms with E-state index in [1.807, 2.05) is 11.3 Å². The normalized spacial score (nSPS) is 17.5. The third-order valence-corrected chi connectivity index (χ3v) is 5.87. The molecule has 0 radical (unpaired) electrons. The Morgan fingerprint density at radius 1 is 1.14 bits per heavy atom. The summed E-state index contributed by atoms with van der Waals surface area (Å²) in [5.74, 6) is 0. The van der Waals surface area contributed by atoms with Gasteiger partial charge in [0.05, 0.1) is 11.4 Å². The van der Waals surface area contributed by atoms with Crippen LogP contribution >= 0.6 is 35.8 Å². The minimum absolute atomic E-state index is 0.615. The summed E-state index contributed by atoms with van der Waals surface area (Å²) in [7, 11) is 0. The van der Waals surface area contributed by atoms with Crippen molar-refractivity contribution in [2.45, 2.75) is 19.5 Å². The maximum absolute atomic E-state index is 5.47. The van der Waals surface area contributed by atoms with E-state index in [4.69, 9.17) is 24.4 Å². The molecule has 0 aliphatic carbocycles. The zero-order valence-corrected chi connectivity index (χ0v) is 14.4. The predicted molar refractivity (Wildman–Crippen MR) is 95.6 cm³/mol. The van der Waals surface area contributed by atoms with Gasteiger partial charge < -0.3 is 14.9 Å². The molecule has 1 aliphatic heterocycles. The van der Waals surface area contributed by atoms with Crippen molar-refractivity contribution in [2.75, 3.05) is 6.54 Å². The van der Waals surface area contributed by atoms with E-state index < -0.39 is 0 Å². The molecule has 0 bridgehead atoms. The van der Waals surface area contributed by atoms with Gasteiger partial charge in [0, 0.05) is 17.4 Å². The van der Waals surface area contributed by atoms with Crippen LogP contribution < -0.4 is 4.90 Å². The highest BCUT2D eigenvalue weighted by Gasteiger charge is 2.24. The number of thiophene rings is 1. The number of nitrogens with one attached hydrogen (secondary N) is 3. The fourth-order valence-electron chi connectivity index (χ4n) is 3.20. The van der Waals surface area contributed by atoms with Crippen LogP contribution in [0.4, 0.5) is 0 Å². The predicted octanol–water partition coefficient (Wildman–Crippen LogP) is 3.16. The minimum atomic E-state index is 0.615. The van der Waals surface area contributed by atoms with Gasteiger partial charge in [-0.2, -0.15) is 0 Å². The zero-order valence-electron chi connectivity index (χ0n) is 11.9. The number of fused-ring (bicyclic) bond motifs is 3. The number of rotatable bonds is 2. The van der Waals surface area contributed by atoms with Gasteiger partial charge in [0.15, 0.2) is 4.77 Å². The minimum Gasteiger partial charge on any atom is -0.326 e. The van der Waals surface area contributed by atoms with E-state index in [0.717, 1.165) is 35.5 Å². The summed E-state index contributed by atoms with van der Waals surface area (Å²) in [6.45, 7) is 3.30. The molecule has 0 saturated heterocycles. The summed E-state index contributed by atoms with van der Waals surface area (Å²) in [5.41, 5.74) is 2.82. The Balaban J connectivity index is 1.68. The highest BCUT2D eigenvalue weighted by Crippen LogP contribution is 2.31. The molecule has 0 spiro atoms. The second-order valence-corrected chi connectivity index (χ2v) is 7.63. The average molecular weight is 347 g/mol. The molecule has 3 aromatic rings. The average Bonchev–Trinajstić information content (AvgIpc) is 2.85. The van der Waals surface area contributed by atoms with Crippen LogP contribution in [-0.2, 0) is 19.5 Å². The van der Waals surface area contributed by atoms with Crippen LogP contribution in [0.25, 0.3) is 10.2 Å². The lowest BCUT2D eigenvalue weighted by Gasteiger charge is -2.23. The maximum Gasteiger partial charge on any atom is 0.176 e. The molecular weight excluding hydrogens is 330 g/mol. The van der Waals surface area contributed by atoms with Crippen molar-refractivity contribution in [1.29, 1.82) is 0 Å². The third-order valence-electron chi connectivity index (χ3n) is 4.21. The molecule has 3 N–H and O–H groups in total. The second-order valence-electron chi connectivity index (χ2n) is 5.71. The van der Waals surface area contributed by atoms with Gasteiger partial charge in [0.2, 0.25) is 0 Å². The van der Waals surface area contributed by atoms with Crippen LogP contribution in [0, 0.1) is 9.41 Å². The van der Waals surface area contributed by atoms with Gasteiger partial charge in [-0.1, -0.05) is 42.5 Å². The summed E-state index contributed by atoms with van der Waals surface area (Å²) < 4.78 is 1.40. The Morgan fingerprint density at radius 3 is 2.77 bits per heavy atom. The fourth-order valence-corrected chi connectivity index (χ4v) is 5.26. The fraction of sp³-hybridized carbons (Fsp3) is 0.250. The second kappa shape index (κ2) is 5.70. The van der Waals surface area contributed by atoms with Crippen LogP contribution in [0.1, 0.15) is 16.0 Å². The van der Waals surface area contributed by atoms with E-state index in [-0.39, 0.29) is 0 Å². The van der Waals surface area contributed by atoms with Crippen molar-refractivity contribution in [3.63, 3.8) is 0 Å². The number of hydrogen-bond acceptors (Lipinski definition) is 3. The third kappa shape index (κ3) is 2.56. The molecule has 0 saturated carbocycles. The van der Waals surface area contributed by atoms with Crippen molar-refractivity contribution in [1.82, 2.24) is 9.97 Å². The quantitative estimate of drug-likeness (QED) is 0.624. The van der Waals surface area contributed by atoms with Gasteiger partial charge in [-0.05, 0) is 17.8 Å². The van der Waals surface area contributed by atoms with Crippen LogP contribution in [-0.4, -0.2) is 16.5 Å². The van der Waals surface area contributed by atoms with E-state index >= 15 is 0 Å². The molecule has 3 nitrogen and oxygen atoms in total. The summed E-state index contributed by atoms with van der Waals surface area (Å²) in [5, 5.41) is 1.18. The molecule has 1 atom stereocenters. The van der Waals surface area contributed by atoms with Crippen LogP contribution in [0.5, 0.6) is 0 Å². The van der Waals surface area contributed by atoms with E-state index in [2.05, 4.69) is 40.3 Å². The van der Waals surface area contributed by atoms with Gasteiger partial charge in [0.25, 0.3) is 0 Å². The van der Waals surface area contributed by atoms with Gasteiger partial charge in [-0.3, -0.25) is 0 Å². The molecule has 1 aromatic carbocycles. The Hall–Kier alpha value is -1.34. The molecule has 0 amide bonds. The summed E-state index contributed by atoms with van der Waals surface area (Å²) in [6.07, 6.45) is 1.08. The first-order chi connectivity index (χ1) is 10.7. The van der Waals surface area contributed by atoms with Crippen molar-refractivity contribution >= 4 is 46.0 Å². The van der Waals surface area contributed by atoms with Crippen LogP contribution in [0.2, 0.25) is 0 Å². The van der Waals surface area contributed by atoms with E-state index in [0.29, 0.717) is 4.77 Å². The lowest BCUT2D eigenvalue weighted by molar-refractivity contribution is -0.929. The summed E-state index contributed by atoms with van der Waals surface area (Å²) in [4.78, 5) is 10.5. The van der Waals surface area contributed by atoms with Crippen molar-refractivity contribution in [2.24, 2.45) is 0 Å². The van der Waals surface area contributed by atoms with Crippen LogP contribution in [0.15, 0.2) is 30.3 Å². The largest absolute Gasteiger partial charge is 0.326 e. The van der Waals surface area contributed by atoms with Crippen molar-refractivity contribution in [3.8, 4) is 0 Å². The number of H-pyrrole nitrogens is 2. The smallest absolute Gasteiger partial charge is 0.176 e. The molecule has 2 aromatic heterocycles. The van der Waals surface area contributed by atoms with E-state index in [9.17, 15) is 0 Å². The number of hydrogen-bond donors (Lipinski definition) is 3. The van der Waals surface area contributed by atoms with Gasteiger partial charge in [-0.25, -0.2) is 0 Å². The molecule has 4 rings (SSSR count). The first-order valence-electron chi connectivity index (χ1n) is 7.35. The Labute approximate surface area is 142 Å². The highest BCUT2D eigenvalue weighted by molar-refractivity contribution is 7.72. The van der Waals surface area contributed by atoms with Crippen LogP contribution in [0.3, 0.4) is 0 Å². The van der Waals surface area contributed by atoms with Crippen molar-refractivity contribution < 1.29 is 4.90 Å². The molecule has 22 heavy (non-hydrogen) atoms. The van der Waals surface area contributed by atoms with E-state index in [1.54, 1.807) is 4.90 Å². The Morgan fingerprint density at radius 2 is 1.95 bits per heavy atom. The lowest BCUT2D eigenvalue weighted by Crippen LogP contribution is -3.10. The number of aromatic amines is 2. The molecule has 1 unspecified atom stereocenters. The van der Waals surface area contributed by atoms with Crippen molar-refractivity contribution in [3.05, 3.63) is 55.7 Å². The molecule has 112 valence electrons. The number of quaternary nitrogens is 1. The van der Waals surface area contributed by atoms with Gasteiger partial charge in [0.1, 0.15) is 22.6 Å². The first-order valence-corrected chi connectivity index (χ1v) is 8.98. The maximum atomic E-state index is 5.47. The topological polar surface area (TPSA) is 36.0 Å². The Bertz CT molecular complexity index is 937. The molecule has 6 heteroatoms. The standard InChI is InChI=1S/C16H15N3S3/c20-14-13-11-6-7-19(8-10-4-2-1-3-5-10)9-12(11)22-15(13)18-16(21)17-14/h1-5H,6-9H2,(H2,17,18,20,21)/p+1. The monoisotopic (exact) mass is 346 g/mol. The summed E-state index contributed by atoms with van der Waals surface area (Å²) >= 11 is 12.5. The first kappa shape index (κ1) is 14.3. The SMILES string of the molecule is S=c1[nH]c(=S)c2c3c(sc2[nH]1)C[NH+](Cc1ccccc1)CC3. The molecule has 3 heterocycles. The molecule has 1 aliphatic rings. The van der Waals surface area contributed by atoms with E-state index in [1.165, 1.54) is 21.4 Å². The number of aromatic nitrogens is 2. The Kier molecular flexibility index (Phi) is 3.69. The van der Waals surface area contributed by atoms with Gasteiger partial charge >= 0.3 is 0 Å². The number of benzene rings is 1. The zero-order chi connectivity index (χ0) is 15.1.